The van der Waals surface area contributed by atoms with Crippen LogP contribution in [0.4, 0.5) is 0 Å². The van der Waals surface area contributed by atoms with Crippen LogP contribution < -0.4 is 5.73 Å². The van der Waals surface area contributed by atoms with Gasteiger partial charge in [-0.15, -0.1) is 0 Å². The van der Waals surface area contributed by atoms with Gasteiger partial charge in [0, 0.05) is 18.8 Å². The Bertz CT molecular complexity index is 221. The SMILES string of the molecule is CC1(C)CCC(=O)CC1C(N)=O. The molecular formula is C9H15NO2. The van der Waals surface area contributed by atoms with E-state index in [1.165, 1.54) is 0 Å². The van der Waals surface area contributed by atoms with Crippen molar-refractivity contribution in [1.29, 1.82) is 0 Å². The highest BCUT2D eigenvalue weighted by atomic mass is 16.1. The van der Waals surface area contributed by atoms with E-state index in [0.717, 1.165) is 6.42 Å². The molecule has 0 aliphatic heterocycles. The second-order valence-electron chi connectivity index (χ2n) is 4.19. The molecule has 1 unspecified atom stereocenters. The van der Waals surface area contributed by atoms with Crippen LogP contribution in [0.15, 0.2) is 0 Å². The highest BCUT2D eigenvalue weighted by Crippen LogP contribution is 2.38. The summed E-state index contributed by atoms with van der Waals surface area (Å²) in [6.07, 6.45) is 1.71. The molecule has 0 bridgehead atoms. The lowest BCUT2D eigenvalue weighted by molar-refractivity contribution is -0.134. The first-order chi connectivity index (χ1) is 5.43. The number of nitrogens with two attached hydrogens (primary N) is 1. The molecule has 1 aliphatic rings. The largest absolute Gasteiger partial charge is 0.369 e. The van der Waals surface area contributed by atoms with Gasteiger partial charge in [-0.25, -0.2) is 0 Å². The van der Waals surface area contributed by atoms with Crippen molar-refractivity contribution < 1.29 is 9.59 Å². The lowest BCUT2D eigenvalue weighted by Crippen LogP contribution is -2.40. The molecular weight excluding hydrogens is 154 g/mol. The molecule has 3 heteroatoms. The lowest BCUT2D eigenvalue weighted by Gasteiger charge is -2.35. The topological polar surface area (TPSA) is 60.2 Å². The number of primary amides is 1. The fraction of sp³-hybridized carbons (Fsp3) is 0.778. The minimum Gasteiger partial charge on any atom is -0.369 e. The van der Waals surface area contributed by atoms with Crippen molar-refractivity contribution in [3.05, 3.63) is 0 Å². The molecule has 1 amide bonds. The minimum absolute atomic E-state index is 0.0975. The summed E-state index contributed by atoms with van der Waals surface area (Å²) in [5.74, 6) is -0.440. The Hall–Kier alpha value is -0.860. The second-order valence-corrected chi connectivity index (χ2v) is 4.19. The van der Waals surface area contributed by atoms with Crippen molar-refractivity contribution in [3.8, 4) is 0 Å². The molecule has 1 saturated carbocycles. The first kappa shape index (κ1) is 9.23. The maximum Gasteiger partial charge on any atom is 0.221 e. The molecule has 3 nitrogen and oxygen atoms in total. The van der Waals surface area contributed by atoms with Crippen molar-refractivity contribution >= 4 is 11.7 Å². The first-order valence-corrected chi connectivity index (χ1v) is 4.24. The number of carbonyl (C=O) groups excluding carboxylic acids is 2. The van der Waals surface area contributed by atoms with Crippen LogP contribution in [0.5, 0.6) is 0 Å². The Labute approximate surface area is 72.3 Å². The summed E-state index contributed by atoms with van der Waals surface area (Å²) >= 11 is 0. The summed E-state index contributed by atoms with van der Waals surface area (Å²) in [4.78, 5) is 22.0. The predicted molar refractivity (Wildman–Crippen MR) is 45.3 cm³/mol. The van der Waals surface area contributed by atoms with E-state index in [0.29, 0.717) is 12.8 Å². The van der Waals surface area contributed by atoms with Crippen LogP contribution in [0, 0.1) is 11.3 Å². The van der Waals surface area contributed by atoms with Gasteiger partial charge in [0.2, 0.25) is 5.91 Å². The molecule has 12 heavy (non-hydrogen) atoms. The number of amides is 1. The monoisotopic (exact) mass is 169 g/mol. The van der Waals surface area contributed by atoms with Gasteiger partial charge in [0.1, 0.15) is 5.78 Å². The van der Waals surface area contributed by atoms with E-state index in [9.17, 15) is 9.59 Å². The third-order valence-electron chi connectivity index (χ3n) is 2.77. The van der Waals surface area contributed by atoms with E-state index in [1.807, 2.05) is 13.8 Å². The molecule has 0 aromatic heterocycles. The molecule has 1 aliphatic carbocycles. The molecule has 0 aromatic carbocycles. The minimum atomic E-state index is -0.340. The van der Waals surface area contributed by atoms with Crippen LogP contribution in [-0.2, 0) is 9.59 Å². The lowest BCUT2D eigenvalue weighted by atomic mass is 9.68. The van der Waals surface area contributed by atoms with E-state index < -0.39 is 0 Å². The van der Waals surface area contributed by atoms with Crippen molar-refractivity contribution in [2.75, 3.05) is 0 Å². The Morgan fingerprint density at radius 1 is 1.58 bits per heavy atom. The highest BCUT2D eigenvalue weighted by molar-refractivity contribution is 5.87. The van der Waals surface area contributed by atoms with Gasteiger partial charge in [0.15, 0.2) is 0 Å². The van der Waals surface area contributed by atoms with Crippen molar-refractivity contribution in [1.82, 2.24) is 0 Å². The predicted octanol–water partition coefficient (Wildman–Crippen LogP) is 0.867. The van der Waals surface area contributed by atoms with Gasteiger partial charge in [-0.2, -0.15) is 0 Å². The summed E-state index contributed by atoms with van der Waals surface area (Å²) in [7, 11) is 0. The molecule has 0 saturated heterocycles. The first-order valence-electron chi connectivity index (χ1n) is 4.24. The normalized spacial score (nSPS) is 28.5. The van der Waals surface area contributed by atoms with E-state index in [1.54, 1.807) is 0 Å². The van der Waals surface area contributed by atoms with E-state index in [4.69, 9.17) is 5.73 Å². The fourth-order valence-electron chi connectivity index (χ4n) is 1.73. The number of hydrogen-bond acceptors (Lipinski definition) is 2. The third-order valence-corrected chi connectivity index (χ3v) is 2.77. The van der Waals surface area contributed by atoms with Crippen LogP contribution in [0.3, 0.4) is 0 Å². The molecule has 0 heterocycles. The average Bonchev–Trinajstić information content (AvgIpc) is 1.94. The standard InChI is InChI=1S/C9H15NO2/c1-9(2)4-3-6(11)5-7(9)8(10)12/h7H,3-5H2,1-2H3,(H2,10,12). The molecule has 1 rings (SSSR count). The van der Waals surface area contributed by atoms with Gasteiger partial charge in [0.05, 0.1) is 0 Å². The molecule has 1 fully saturated rings. The summed E-state index contributed by atoms with van der Waals surface area (Å²) in [6.45, 7) is 3.99. The zero-order chi connectivity index (χ0) is 9.35. The van der Waals surface area contributed by atoms with Gasteiger partial charge >= 0.3 is 0 Å². The van der Waals surface area contributed by atoms with Crippen LogP contribution >= 0.6 is 0 Å². The number of hydrogen-bond donors (Lipinski definition) is 1. The van der Waals surface area contributed by atoms with Crippen LogP contribution in [0.25, 0.3) is 0 Å². The van der Waals surface area contributed by atoms with Crippen molar-refractivity contribution in [2.45, 2.75) is 33.1 Å². The number of ketones is 1. The van der Waals surface area contributed by atoms with E-state index in [-0.39, 0.29) is 23.0 Å². The quantitative estimate of drug-likeness (QED) is 0.633. The van der Waals surface area contributed by atoms with Crippen molar-refractivity contribution in [2.24, 2.45) is 17.1 Å². The summed E-state index contributed by atoms with van der Waals surface area (Å²) in [5.41, 5.74) is 5.12. The van der Waals surface area contributed by atoms with Crippen LogP contribution in [0.2, 0.25) is 0 Å². The summed E-state index contributed by atoms with van der Waals surface area (Å²) in [5, 5.41) is 0. The highest BCUT2D eigenvalue weighted by Gasteiger charge is 2.38. The zero-order valence-corrected chi connectivity index (χ0v) is 7.59. The molecule has 68 valence electrons. The van der Waals surface area contributed by atoms with E-state index >= 15 is 0 Å². The Morgan fingerprint density at radius 3 is 2.58 bits per heavy atom. The second kappa shape index (κ2) is 2.88. The molecule has 0 spiro atoms. The summed E-state index contributed by atoms with van der Waals surface area (Å²) < 4.78 is 0. The number of carbonyl (C=O) groups is 2. The maximum absolute atomic E-state index is 11.1. The van der Waals surface area contributed by atoms with Gasteiger partial charge in [0.25, 0.3) is 0 Å². The van der Waals surface area contributed by atoms with Crippen LogP contribution in [0.1, 0.15) is 33.1 Å². The maximum atomic E-state index is 11.1. The smallest absolute Gasteiger partial charge is 0.221 e. The number of rotatable bonds is 1. The molecule has 0 aromatic rings. The van der Waals surface area contributed by atoms with Gasteiger partial charge in [-0.05, 0) is 11.8 Å². The average molecular weight is 169 g/mol. The van der Waals surface area contributed by atoms with Crippen LogP contribution in [-0.4, -0.2) is 11.7 Å². The van der Waals surface area contributed by atoms with Gasteiger partial charge in [-0.3, -0.25) is 9.59 Å². The molecule has 0 radical (unpaired) electrons. The number of Topliss-reactive ketones (excluding diaryl/α,β-unsaturated/α-hetero) is 1. The summed E-state index contributed by atoms with van der Waals surface area (Å²) in [6, 6.07) is 0. The third kappa shape index (κ3) is 1.65. The van der Waals surface area contributed by atoms with E-state index in [2.05, 4.69) is 0 Å². The van der Waals surface area contributed by atoms with Gasteiger partial charge in [-0.1, -0.05) is 13.8 Å². The zero-order valence-electron chi connectivity index (χ0n) is 7.59. The van der Waals surface area contributed by atoms with Crippen molar-refractivity contribution in [3.63, 3.8) is 0 Å². The molecule has 2 N–H and O–H groups in total. The molecule has 1 atom stereocenters. The Balaban J connectivity index is 2.78. The Kier molecular flexibility index (Phi) is 2.22. The van der Waals surface area contributed by atoms with Gasteiger partial charge < -0.3 is 5.73 Å². The fourth-order valence-corrected chi connectivity index (χ4v) is 1.73. The Morgan fingerprint density at radius 2 is 2.17 bits per heavy atom.